The minimum atomic E-state index is -0.965. The fourth-order valence-corrected chi connectivity index (χ4v) is 3.24. The summed E-state index contributed by atoms with van der Waals surface area (Å²) in [6, 6.07) is 24.8. The average Bonchev–Trinajstić information content (AvgIpc) is 2.91. The van der Waals surface area contributed by atoms with Crippen LogP contribution in [-0.2, 0) is 20.9 Å². The first-order chi connectivity index (χ1) is 17.4. The van der Waals surface area contributed by atoms with Crippen molar-refractivity contribution in [2.45, 2.75) is 38.9 Å². The Hall–Kier alpha value is -4.46. The molecule has 0 aliphatic rings. The van der Waals surface area contributed by atoms with Gasteiger partial charge in [0.25, 0.3) is 5.91 Å². The highest BCUT2D eigenvalue weighted by molar-refractivity contribution is 6.00. The molecule has 0 saturated heterocycles. The highest BCUT2D eigenvalue weighted by atomic mass is 16.5. The maximum atomic E-state index is 12.6. The van der Waals surface area contributed by atoms with Crippen molar-refractivity contribution in [2.75, 3.05) is 0 Å². The van der Waals surface area contributed by atoms with Crippen molar-refractivity contribution >= 4 is 23.6 Å². The molecule has 1 unspecified atom stereocenters. The summed E-state index contributed by atoms with van der Waals surface area (Å²) in [5.41, 5.74) is 6.46. The minimum Gasteiger partial charge on any atom is -0.489 e. The lowest BCUT2D eigenvalue weighted by Gasteiger charge is -2.13. The van der Waals surface area contributed by atoms with Gasteiger partial charge in [0.1, 0.15) is 12.4 Å². The van der Waals surface area contributed by atoms with Crippen LogP contribution in [0.1, 0.15) is 52.5 Å². The zero-order valence-electron chi connectivity index (χ0n) is 19.9. The molecule has 0 saturated carbocycles. The van der Waals surface area contributed by atoms with Crippen molar-refractivity contribution in [3.63, 3.8) is 0 Å². The standard InChI is InChI=1S/C28H28N2O6/c1-20(27(33)22-15-17-24(18-16-22)35-19-21-9-4-2-5-10-21)36-26(32)14-8-13-25(31)29-30-28(34)23-11-6-3-7-12-23/h2-7,9-12,15-18,20H,8,13-14,19H2,1H3,(H,29,31)(H,30,34). The van der Waals surface area contributed by atoms with E-state index >= 15 is 0 Å². The number of ether oxygens (including phenoxy) is 2. The number of rotatable bonds is 11. The Bertz CT molecular complexity index is 1160. The molecule has 0 bridgehead atoms. The van der Waals surface area contributed by atoms with E-state index in [1.165, 1.54) is 6.92 Å². The van der Waals surface area contributed by atoms with E-state index in [2.05, 4.69) is 10.9 Å². The van der Waals surface area contributed by atoms with E-state index in [1.807, 2.05) is 30.3 Å². The predicted octanol–water partition coefficient (Wildman–Crippen LogP) is 4.01. The quantitative estimate of drug-likeness (QED) is 0.240. The van der Waals surface area contributed by atoms with Crippen LogP contribution in [0, 0.1) is 0 Å². The zero-order chi connectivity index (χ0) is 25.8. The second-order valence-electron chi connectivity index (χ2n) is 8.02. The van der Waals surface area contributed by atoms with Crippen molar-refractivity contribution in [3.05, 3.63) is 102 Å². The Morgan fingerprint density at radius 2 is 1.39 bits per heavy atom. The van der Waals surface area contributed by atoms with Crippen LogP contribution >= 0.6 is 0 Å². The normalized spacial score (nSPS) is 11.1. The zero-order valence-corrected chi connectivity index (χ0v) is 19.9. The molecule has 1 atom stereocenters. The van der Waals surface area contributed by atoms with Gasteiger partial charge in [-0.05, 0) is 55.3 Å². The van der Waals surface area contributed by atoms with Gasteiger partial charge in [-0.2, -0.15) is 0 Å². The van der Waals surface area contributed by atoms with Crippen molar-refractivity contribution in [2.24, 2.45) is 0 Å². The van der Waals surface area contributed by atoms with E-state index in [9.17, 15) is 19.2 Å². The molecule has 0 aliphatic heterocycles. The topological polar surface area (TPSA) is 111 Å². The van der Waals surface area contributed by atoms with Gasteiger partial charge >= 0.3 is 5.97 Å². The molecular weight excluding hydrogens is 460 g/mol. The summed E-state index contributed by atoms with van der Waals surface area (Å²) in [4.78, 5) is 48.5. The molecule has 3 rings (SSSR count). The summed E-state index contributed by atoms with van der Waals surface area (Å²) in [5, 5.41) is 0. The van der Waals surface area contributed by atoms with E-state index in [0.29, 0.717) is 23.5 Å². The first-order valence-corrected chi connectivity index (χ1v) is 11.6. The fourth-order valence-electron chi connectivity index (χ4n) is 3.24. The average molecular weight is 489 g/mol. The molecule has 0 fully saturated rings. The van der Waals surface area contributed by atoms with Gasteiger partial charge < -0.3 is 9.47 Å². The number of ketones is 1. The Balaban J connectivity index is 1.35. The number of hydrogen-bond donors (Lipinski definition) is 2. The molecule has 0 aliphatic carbocycles. The highest BCUT2D eigenvalue weighted by Crippen LogP contribution is 2.16. The molecular formula is C28H28N2O6. The van der Waals surface area contributed by atoms with Gasteiger partial charge in [0.15, 0.2) is 6.10 Å². The number of hydrogen-bond acceptors (Lipinski definition) is 6. The smallest absolute Gasteiger partial charge is 0.306 e. The molecule has 3 aromatic carbocycles. The van der Waals surface area contributed by atoms with Gasteiger partial charge in [-0.3, -0.25) is 30.0 Å². The molecule has 0 spiro atoms. The number of hydrazine groups is 1. The van der Waals surface area contributed by atoms with E-state index in [0.717, 1.165) is 5.56 Å². The number of carbonyl (C=O) groups excluding carboxylic acids is 4. The molecule has 3 aromatic rings. The van der Waals surface area contributed by atoms with E-state index in [-0.39, 0.29) is 25.0 Å². The van der Waals surface area contributed by atoms with Gasteiger partial charge in [-0.25, -0.2) is 0 Å². The Kier molecular flexibility index (Phi) is 9.76. The second kappa shape index (κ2) is 13.4. The summed E-state index contributed by atoms with van der Waals surface area (Å²) in [6.45, 7) is 1.92. The molecule has 186 valence electrons. The lowest BCUT2D eigenvalue weighted by Crippen LogP contribution is -2.41. The lowest BCUT2D eigenvalue weighted by molar-refractivity contribution is -0.146. The van der Waals surface area contributed by atoms with Crippen molar-refractivity contribution in [3.8, 4) is 5.75 Å². The van der Waals surface area contributed by atoms with Crippen LogP contribution in [0.4, 0.5) is 0 Å². The number of Topliss-reactive ketones (excluding diaryl/α,β-unsaturated/α-hetero) is 1. The molecule has 2 N–H and O–H groups in total. The molecule has 36 heavy (non-hydrogen) atoms. The van der Waals surface area contributed by atoms with Gasteiger partial charge in [0, 0.05) is 24.0 Å². The lowest BCUT2D eigenvalue weighted by atomic mass is 10.1. The van der Waals surface area contributed by atoms with Crippen LogP contribution in [0.2, 0.25) is 0 Å². The summed E-state index contributed by atoms with van der Waals surface area (Å²) in [5.74, 6) is -1.17. The summed E-state index contributed by atoms with van der Waals surface area (Å²) in [7, 11) is 0. The number of benzene rings is 3. The van der Waals surface area contributed by atoms with Gasteiger partial charge in [0.2, 0.25) is 11.7 Å². The summed E-state index contributed by atoms with van der Waals surface area (Å²) < 4.78 is 10.9. The van der Waals surface area contributed by atoms with Crippen LogP contribution < -0.4 is 15.6 Å². The SMILES string of the molecule is CC(OC(=O)CCCC(=O)NNC(=O)c1ccccc1)C(=O)c1ccc(OCc2ccccc2)cc1. The highest BCUT2D eigenvalue weighted by Gasteiger charge is 2.19. The Labute approximate surface area is 209 Å². The number of esters is 1. The van der Waals surface area contributed by atoms with Gasteiger partial charge in [-0.15, -0.1) is 0 Å². The molecule has 0 radical (unpaired) electrons. The first-order valence-electron chi connectivity index (χ1n) is 11.6. The maximum Gasteiger partial charge on any atom is 0.306 e. The molecule has 2 amide bonds. The minimum absolute atomic E-state index is 0.0109. The number of amides is 2. The fraction of sp³-hybridized carbons (Fsp3) is 0.214. The van der Waals surface area contributed by atoms with Crippen LogP contribution in [0.5, 0.6) is 5.75 Å². The van der Waals surface area contributed by atoms with E-state index < -0.39 is 23.9 Å². The van der Waals surface area contributed by atoms with Gasteiger partial charge in [-0.1, -0.05) is 48.5 Å². The third-order valence-corrected chi connectivity index (χ3v) is 5.20. The Morgan fingerprint density at radius 1 is 0.750 bits per heavy atom. The molecule has 8 nitrogen and oxygen atoms in total. The van der Waals surface area contributed by atoms with Crippen LogP contribution in [0.15, 0.2) is 84.9 Å². The van der Waals surface area contributed by atoms with Crippen molar-refractivity contribution in [1.29, 1.82) is 0 Å². The van der Waals surface area contributed by atoms with Crippen LogP contribution in [-0.4, -0.2) is 29.7 Å². The van der Waals surface area contributed by atoms with E-state index in [4.69, 9.17) is 9.47 Å². The number of carbonyl (C=O) groups is 4. The maximum absolute atomic E-state index is 12.6. The van der Waals surface area contributed by atoms with Crippen LogP contribution in [0.25, 0.3) is 0 Å². The molecule has 0 heterocycles. The second-order valence-corrected chi connectivity index (χ2v) is 8.02. The third-order valence-electron chi connectivity index (χ3n) is 5.20. The van der Waals surface area contributed by atoms with Crippen molar-refractivity contribution < 1.29 is 28.7 Å². The largest absolute Gasteiger partial charge is 0.489 e. The van der Waals surface area contributed by atoms with E-state index in [1.54, 1.807) is 54.6 Å². The van der Waals surface area contributed by atoms with Crippen LogP contribution in [0.3, 0.4) is 0 Å². The summed E-state index contributed by atoms with van der Waals surface area (Å²) >= 11 is 0. The monoisotopic (exact) mass is 488 g/mol. The first kappa shape index (κ1) is 26.2. The molecule has 8 heteroatoms. The predicted molar refractivity (Wildman–Crippen MR) is 133 cm³/mol. The molecule has 0 aromatic heterocycles. The van der Waals surface area contributed by atoms with Gasteiger partial charge in [0.05, 0.1) is 0 Å². The number of nitrogens with one attached hydrogen (secondary N) is 2. The Morgan fingerprint density at radius 3 is 2.06 bits per heavy atom. The summed E-state index contributed by atoms with van der Waals surface area (Å²) in [6.07, 6.45) is -0.784. The van der Waals surface area contributed by atoms with Crippen molar-refractivity contribution in [1.82, 2.24) is 10.9 Å². The third kappa shape index (κ3) is 8.39.